The molecule has 0 heterocycles. The highest BCUT2D eigenvalue weighted by atomic mass is 16.6. The fourth-order valence-corrected chi connectivity index (χ4v) is 7.15. The Morgan fingerprint density at radius 1 is 1.09 bits per heavy atom. The molecular formula is C27H42O6. The van der Waals surface area contributed by atoms with Crippen molar-refractivity contribution in [3.8, 4) is 0 Å². The van der Waals surface area contributed by atoms with Gasteiger partial charge in [0.05, 0.1) is 13.2 Å². The summed E-state index contributed by atoms with van der Waals surface area (Å²) in [6, 6.07) is 0. The van der Waals surface area contributed by atoms with Gasteiger partial charge in [0, 0.05) is 18.3 Å². The van der Waals surface area contributed by atoms with Crippen LogP contribution in [-0.4, -0.2) is 37.2 Å². The smallest absolute Gasteiger partial charge is 0.317 e. The fourth-order valence-electron chi connectivity index (χ4n) is 7.15. The predicted molar refractivity (Wildman–Crippen MR) is 125 cm³/mol. The summed E-state index contributed by atoms with van der Waals surface area (Å²) in [5.74, 6) is 0.307. The first-order valence-corrected chi connectivity index (χ1v) is 12.7. The Morgan fingerprint density at radius 2 is 1.79 bits per heavy atom. The second-order valence-electron chi connectivity index (χ2n) is 11.2. The molecule has 3 aliphatic carbocycles. The average molecular weight is 463 g/mol. The van der Waals surface area contributed by atoms with Crippen LogP contribution in [0.2, 0.25) is 0 Å². The Labute approximate surface area is 198 Å². The lowest BCUT2D eigenvalue weighted by Crippen LogP contribution is -2.54. The molecule has 6 heteroatoms. The summed E-state index contributed by atoms with van der Waals surface area (Å²) in [5.41, 5.74) is 1.24. The molecule has 0 bridgehead atoms. The van der Waals surface area contributed by atoms with Crippen LogP contribution in [0.1, 0.15) is 86.5 Å². The van der Waals surface area contributed by atoms with Gasteiger partial charge >= 0.3 is 17.9 Å². The van der Waals surface area contributed by atoms with Crippen LogP contribution in [-0.2, 0) is 28.6 Å². The van der Waals surface area contributed by atoms with E-state index in [1.807, 2.05) is 0 Å². The van der Waals surface area contributed by atoms with Crippen LogP contribution in [0.5, 0.6) is 0 Å². The number of hydrogen-bond acceptors (Lipinski definition) is 6. The van der Waals surface area contributed by atoms with Gasteiger partial charge in [0.1, 0.15) is 12.5 Å². The summed E-state index contributed by atoms with van der Waals surface area (Å²) in [4.78, 5) is 35.8. The second-order valence-corrected chi connectivity index (χ2v) is 11.2. The van der Waals surface area contributed by atoms with Crippen LogP contribution in [0.25, 0.3) is 0 Å². The van der Waals surface area contributed by atoms with Crippen molar-refractivity contribution in [1.29, 1.82) is 0 Å². The zero-order chi connectivity index (χ0) is 24.4. The molecule has 0 aliphatic heterocycles. The number of hydrogen-bond donors (Lipinski definition) is 0. The first-order valence-electron chi connectivity index (χ1n) is 12.7. The van der Waals surface area contributed by atoms with Crippen molar-refractivity contribution in [3.63, 3.8) is 0 Å². The van der Waals surface area contributed by atoms with Gasteiger partial charge in [0.25, 0.3) is 0 Å². The highest BCUT2D eigenvalue weighted by Crippen LogP contribution is 2.63. The molecule has 0 aromatic heterocycles. The van der Waals surface area contributed by atoms with E-state index in [2.05, 4.69) is 33.8 Å². The van der Waals surface area contributed by atoms with E-state index in [0.29, 0.717) is 30.3 Å². The Balaban J connectivity index is 1.80. The molecule has 0 N–H and O–H groups in total. The average Bonchev–Trinajstić information content (AvgIpc) is 2.72. The number of ether oxygens (including phenoxy) is 3. The molecule has 6 unspecified atom stereocenters. The van der Waals surface area contributed by atoms with Crippen LogP contribution < -0.4 is 0 Å². The molecule has 0 aromatic rings. The number of fused-ring (bicyclic) bond motifs is 3. The normalized spacial score (nSPS) is 35.7. The summed E-state index contributed by atoms with van der Waals surface area (Å²) in [6.07, 6.45) is 8.15. The van der Waals surface area contributed by atoms with Gasteiger partial charge in [-0.1, -0.05) is 40.2 Å². The molecule has 3 aliphatic rings. The lowest BCUT2D eigenvalue weighted by molar-refractivity contribution is -0.161. The SMILES string of the molecule is CCOC(=O)CC(=O)OCC1(C)CCCC2(C)C3CCC(C(C)C)C(OC(C)=O)C3=CCC12. The van der Waals surface area contributed by atoms with Crippen molar-refractivity contribution in [1.82, 2.24) is 0 Å². The van der Waals surface area contributed by atoms with Crippen molar-refractivity contribution < 1.29 is 28.6 Å². The van der Waals surface area contributed by atoms with Crippen LogP contribution in [0.15, 0.2) is 11.6 Å². The zero-order valence-electron chi connectivity index (χ0n) is 21.3. The van der Waals surface area contributed by atoms with E-state index in [0.717, 1.165) is 38.5 Å². The van der Waals surface area contributed by atoms with Crippen molar-refractivity contribution in [2.24, 2.45) is 34.5 Å². The van der Waals surface area contributed by atoms with E-state index in [9.17, 15) is 14.4 Å². The van der Waals surface area contributed by atoms with E-state index in [1.165, 1.54) is 12.5 Å². The van der Waals surface area contributed by atoms with Crippen LogP contribution in [0.4, 0.5) is 0 Å². The van der Waals surface area contributed by atoms with E-state index in [4.69, 9.17) is 14.2 Å². The van der Waals surface area contributed by atoms with Crippen molar-refractivity contribution in [3.05, 3.63) is 11.6 Å². The maximum atomic E-state index is 12.2. The van der Waals surface area contributed by atoms with Crippen molar-refractivity contribution >= 4 is 17.9 Å². The first kappa shape index (κ1) is 25.8. The maximum Gasteiger partial charge on any atom is 0.317 e. The molecule has 0 amide bonds. The molecule has 2 saturated carbocycles. The monoisotopic (exact) mass is 462 g/mol. The van der Waals surface area contributed by atoms with Crippen molar-refractivity contribution in [2.75, 3.05) is 13.2 Å². The minimum absolute atomic E-state index is 0.0744. The van der Waals surface area contributed by atoms with Gasteiger partial charge in [-0.05, 0) is 67.8 Å². The molecule has 0 saturated heterocycles. The molecule has 0 aromatic carbocycles. The number of rotatable bonds is 7. The summed E-state index contributed by atoms with van der Waals surface area (Å²) < 4.78 is 16.4. The van der Waals surface area contributed by atoms with Gasteiger partial charge in [-0.15, -0.1) is 0 Å². The molecule has 186 valence electrons. The van der Waals surface area contributed by atoms with E-state index >= 15 is 0 Å². The third-order valence-electron chi connectivity index (χ3n) is 8.70. The Bertz CT molecular complexity index is 785. The largest absolute Gasteiger partial charge is 0.466 e. The van der Waals surface area contributed by atoms with Gasteiger partial charge in [0.2, 0.25) is 0 Å². The highest BCUT2D eigenvalue weighted by molar-refractivity contribution is 5.91. The van der Waals surface area contributed by atoms with Gasteiger partial charge in [-0.2, -0.15) is 0 Å². The third kappa shape index (κ3) is 5.30. The van der Waals surface area contributed by atoms with Crippen LogP contribution in [0.3, 0.4) is 0 Å². The second kappa shape index (κ2) is 10.2. The topological polar surface area (TPSA) is 78.9 Å². The van der Waals surface area contributed by atoms with E-state index in [-0.39, 0.29) is 35.9 Å². The van der Waals surface area contributed by atoms with Gasteiger partial charge < -0.3 is 14.2 Å². The minimum Gasteiger partial charge on any atom is -0.466 e. The minimum atomic E-state index is -0.537. The fraction of sp³-hybridized carbons (Fsp3) is 0.815. The van der Waals surface area contributed by atoms with E-state index in [1.54, 1.807) is 6.92 Å². The number of carbonyl (C=O) groups excluding carboxylic acids is 3. The molecule has 6 atom stereocenters. The van der Waals surface area contributed by atoms with Gasteiger partial charge in [0.15, 0.2) is 0 Å². The lowest BCUT2D eigenvalue weighted by Gasteiger charge is -2.60. The lowest BCUT2D eigenvalue weighted by atomic mass is 9.46. The van der Waals surface area contributed by atoms with E-state index < -0.39 is 11.9 Å². The zero-order valence-corrected chi connectivity index (χ0v) is 21.3. The molecule has 0 radical (unpaired) electrons. The standard InChI is InChI=1S/C27H42O6/c1-7-31-23(29)15-24(30)32-16-26(5)13-8-14-27(6)21-11-9-19(17(2)3)25(33-18(4)28)20(21)10-12-22(26)27/h10,17,19,21-22,25H,7-9,11-16H2,1-6H3. The quantitative estimate of drug-likeness (QED) is 0.223. The molecule has 33 heavy (non-hydrogen) atoms. The predicted octanol–water partition coefficient (Wildman–Crippen LogP) is 5.24. The van der Waals surface area contributed by atoms with Gasteiger partial charge in [-0.3, -0.25) is 14.4 Å². The number of allylic oxidation sites excluding steroid dienone is 1. The summed E-state index contributed by atoms with van der Waals surface area (Å²) in [6.45, 7) is 12.9. The maximum absolute atomic E-state index is 12.2. The van der Waals surface area contributed by atoms with Crippen LogP contribution in [0, 0.1) is 34.5 Å². The third-order valence-corrected chi connectivity index (χ3v) is 8.70. The Kier molecular flexibility index (Phi) is 7.95. The molecule has 6 nitrogen and oxygen atoms in total. The summed E-state index contributed by atoms with van der Waals surface area (Å²) in [5, 5.41) is 0. The molecule has 3 rings (SSSR count). The number of carbonyl (C=O) groups is 3. The summed E-state index contributed by atoms with van der Waals surface area (Å²) >= 11 is 0. The Morgan fingerprint density at radius 3 is 2.42 bits per heavy atom. The van der Waals surface area contributed by atoms with Crippen molar-refractivity contribution in [2.45, 2.75) is 92.6 Å². The Hall–Kier alpha value is -1.85. The molecular weight excluding hydrogens is 420 g/mol. The highest BCUT2D eigenvalue weighted by Gasteiger charge is 2.57. The van der Waals surface area contributed by atoms with Gasteiger partial charge in [-0.25, -0.2) is 0 Å². The molecule has 2 fully saturated rings. The molecule has 0 spiro atoms. The first-order chi connectivity index (χ1) is 15.5. The van der Waals surface area contributed by atoms with Crippen LogP contribution >= 0.6 is 0 Å². The number of esters is 3. The summed E-state index contributed by atoms with van der Waals surface area (Å²) in [7, 11) is 0.